The molecule has 2 N–H and O–H groups in total. The standard InChI is InChI=1S/C23H27N5/c1-14(2)21-19-5-4-17(16-6-8-24-9-7-16)11-20(19)27-22(21)18-10-15(3)23-25-13-26-28(23)12-18/h4-5,10-14,16,24,27H,6-9H2,1-3H3. The van der Waals surface area contributed by atoms with Crippen molar-refractivity contribution < 1.29 is 0 Å². The first-order valence-electron chi connectivity index (χ1n) is 10.3. The fourth-order valence-electron chi connectivity index (χ4n) is 4.70. The molecular weight excluding hydrogens is 346 g/mol. The molecule has 0 bridgehead atoms. The van der Waals surface area contributed by atoms with Crippen LogP contribution in [0.3, 0.4) is 0 Å². The number of aromatic amines is 1. The summed E-state index contributed by atoms with van der Waals surface area (Å²) < 4.78 is 1.88. The molecule has 144 valence electrons. The number of aryl methyl sites for hydroxylation is 1. The summed E-state index contributed by atoms with van der Waals surface area (Å²) in [5, 5.41) is 9.16. The molecule has 4 heterocycles. The molecule has 5 rings (SSSR count). The van der Waals surface area contributed by atoms with Crippen molar-refractivity contribution in [1.29, 1.82) is 0 Å². The van der Waals surface area contributed by atoms with Crippen LogP contribution < -0.4 is 5.32 Å². The first-order chi connectivity index (χ1) is 13.6. The Bertz CT molecular complexity index is 1140. The van der Waals surface area contributed by atoms with E-state index in [0.29, 0.717) is 11.8 Å². The molecule has 0 saturated carbocycles. The topological polar surface area (TPSA) is 58.0 Å². The number of fused-ring (bicyclic) bond motifs is 2. The fourth-order valence-corrected chi connectivity index (χ4v) is 4.70. The van der Waals surface area contributed by atoms with Gasteiger partial charge in [0, 0.05) is 22.7 Å². The summed E-state index contributed by atoms with van der Waals surface area (Å²) in [6.07, 6.45) is 6.14. The molecule has 28 heavy (non-hydrogen) atoms. The number of piperidine rings is 1. The molecule has 4 aromatic rings. The summed E-state index contributed by atoms with van der Waals surface area (Å²) in [6, 6.07) is 9.26. The molecule has 0 radical (unpaired) electrons. The quantitative estimate of drug-likeness (QED) is 0.543. The van der Waals surface area contributed by atoms with Crippen molar-refractivity contribution in [3.05, 3.63) is 53.5 Å². The molecule has 1 aromatic carbocycles. The number of hydrogen-bond acceptors (Lipinski definition) is 3. The smallest absolute Gasteiger partial charge is 0.158 e. The van der Waals surface area contributed by atoms with Crippen LogP contribution in [0, 0.1) is 6.92 Å². The number of rotatable bonds is 3. The second kappa shape index (κ2) is 6.74. The van der Waals surface area contributed by atoms with Crippen molar-refractivity contribution >= 4 is 16.6 Å². The van der Waals surface area contributed by atoms with Crippen molar-refractivity contribution in [3.8, 4) is 11.3 Å². The Morgan fingerprint density at radius 3 is 2.75 bits per heavy atom. The third-order valence-electron chi connectivity index (χ3n) is 6.10. The summed E-state index contributed by atoms with van der Waals surface area (Å²) in [7, 11) is 0. The Balaban J connectivity index is 1.67. The highest BCUT2D eigenvalue weighted by molar-refractivity contribution is 5.92. The van der Waals surface area contributed by atoms with E-state index in [-0.39, 0.29) is 0 Å². The molecule has 1 fully saturated rings. The van der Waals surface area contributed by atoms with Gasteiger partial charge in [0.1, 0.15) is 6.33 Å². The molecule has 1 aliphatic rings. The van der Waals surface area contributed by atoms with Gasteiger partial charge in [-0.15, -0.1) is 0 Å². The lowest BCUT2D eigenvalue weighted by Gasteiger charge is -2.23. The predicted molar refractivity (Wildman–Crippen MR) is 114 cm³/mol. The third-order valence-corrected chi connectivity index (χ3v) is 6.10. The molecule has 1 saturated heterocycles. The Morgan fingerprint density at radius 2 is 1.96 bits per heavy atom. The van der Waals surface area contributed by atoms with Crippen LogP contribution in [0.15, 0.2) is 36.8 Å². The summed E-state index contributed by atoms with van der Waals surface area (Å²) in [6.45, 7) is 8.88. The van der Waals surface area contributed by atoms with Gasteiger partial charge in [0.2, 0.25) is 0 Å². The van der Waals surface area contributed by atoms with Gasteiger partial charge in [-0.3, -0.25) is 0 Å². The normalized spacial score (nSPS) is 15.9. The minimum absolute atomic E-state index is 0.431. The maximum Gasteiger partial charge on any atom is 0.158 e. The molecule has 3 aromatic heterocycles. The van der Waals surface area contributed by atoms with Gasteiger partial charge in [-0.05, 0) is 73.5 Å². The SMILES string of the molecule is Cc1cc(-c2[nH]c3cc(C4CCNCC4)ccc3c2C(C)C)cn2ncnc12. The first-order valence-corrected chi connectivity index (χ1v) is 10.3. The van der Waals surface area contributed by atoms with Gasteiger partial charge in [0.05, 0.1) is 5.69 Å². The molecule has 5 nitrogen and oxygen atoms in total. The summed E-state index contributed by atoms with van der Waals surface area (Å²) in [4.78, 5) is 8.10. The first kappa shape index (κ1) is 17.4. The summed E-state index contributed by atoms with van der Waals surface area (Å²) in [5.74, 6) is 1.09. The molecule has 0 amide bonds. The Labute approximate surface area is 165 Å². The summed E-state index contributed by atoms with van der Waals surface area (Å²) in [5.41, 5.74) is 8.50. The van der Waals surface area contributed by atoms with Gasteiger partial charge < -0.3 is 10.3 Å². The lowest BCUT2D eigenvalue weighted by atomic mass is 9.89. The van der Waals surface area contributed by atoms with Crippen molar-refractivity contribution in [2.75, 3.05) is 13.1 Å². The van der Waals surface area contributed by atoms with Crippen LogP contribution >= 0.6 is 0 Å². The van der Waals surface area contributed by atoms with Crippen LogP contribution in [-0.2, 0) is 0 Å². The minimum Gasteiger partial charge on any atom is -0.354 e. The monoisotopic (exact) mass is 373 g/mol. The minimum atomic E-state index is 0.431. The van der Waals surface area contributed by atoms with Gasteiger partial charge in [-0.25, -0.2) is 9.50 Å². The fraction of sp³-hybridized carbons (Fsp3) is 0.391. The van der Waals surface area contributed by atoms with E-state index in [1.165, 1.54) is 46.1 Å². The molecule has 0 aliphatic carbocycles. The van der Waals surface area contributed by atoms with Gasteiger partial charge in [-0.2, -0.15) is 5.10 Å². The van der Waals surface area contributed by atoms with Crippen molar-refractivity contribution in [2.24, 2.45) is 0 Å². The van der Waals surface area contributed by atoms with Gasteiger partial charge in [0.25, 0.3) is 0 Å². The van der Waals surface area contributed by atoms with E-state index in [2.05, 4.69) is 71.6 Å². The van der Waals surface area contributed by atoms with Crippen LogP contribution in [0.1, 0.15) is 55.2 Å². The van der Waals surface area contributed by atoms with Crippen molar-refractivity contribution in [1.82, 2.24) is 24.9 Å². The van der Waals surface area contributed by atoms with E-state index < -0.39 is 0 Å². The molecule has 0 unspecified atom stereocenters. The van der Waals surface area contributed by atoms with Crippen LogP contribution in [0.2, 0.25) is 0 Å². The Morgan fingerprint density at radius 1 is 1.14 bits per heavy atom. The zero-order valence-corrected chi connectivity index (χ0v) is 16.8. The van der Waals surface area contributed by atoms with E-state index in [1.807, 2.05) is 4.52 Å². The van der Waals surface area contributed by atoms with E-state index in [9.17, 15) is 0 Å². The lowest BCUT2D eigenvalue weighted by molar-refractivity contribution is 0.460. The highest BCUT2D eigenvalue weighted by Gasteiger charge is 2.20. The van der Waals surface area contributed by atoms with E-state index >= 15 is 0 Å². The lowest BCUT2D eigenvalue weighted by Crippen LogP contribution is -2.26. The number of nitrogens with one attached hydrogen (secondary N) is 2. The Hall–Kier alpha value is -2.66. The molecule has 0 spiro atoms. The second-order valence-corrected chi connectivity index (χ2v) is 8.34. The van der Waals surface area contributed by atoms with E-state index in [0.717, 1.165) is 24.3 Å². The average Bonchev–Trinajstić information content (AvgIpc) is 3.32. The number of aromatic nitrogens is 4. The van der Waals surface area contributed by atoms with Crippen LogP contribution in [0.25, 0.3) is 27.8 Å². The number of pyridine rings is 1. The second-order valence-electron chi connectivity index (χ2n) is 8.34. The number of H-pyrrole nitrogens is 1. The average molecular weight is 374 g/mol. The number of benzene rings is 1. The largest absolute Gasteiger partial charge is 0.354 e. The van der Waals surface area contributed by atoms with Crippen molar-refractivity contribution in [2.45, 2.75) is 45.4 Å². The van der Waals surface area contributed by atoms with Crippen LogP contribution in [-0.4, -0.2) is 32.7 Å². The predicted octanol–water partition coefficient (Wildman–Crippen LogP) is 4.78. The van der Waals surface area contributed by atoms with Gasteiger partial charge in [-0.1, -0.05) is 26.0 Å². The Kier molecular flexibility index (Phi) is 4.20. The molecule has 1 aliphatic heterocycles. The third kappa shape index (κ3) is 2.81. The molecular formula is C23H27N5. The van der Waals surface area contributed by atoms with Gasteiger partial charge >= 0.3 is 0 Å². The maximum atomic E-state index is 4.36. The highest BCUT2D eigenvalue weighted by Crippen LogP contribution is 2.37. The van der Waals surface area contributed by atoms with Gasteiger partial charge in [0.15, 0.2) is 5.65 Å². The van der Waals surface area contributed by atoms with Crippen molar-refractivity contribution in [3.63, 3.8) is 0 Å². The highest BCUT2D eigenvalue weighted by atomic mass is 15.3. The molecule has 5 heteroatoms. The maximum absolute atomic E-state index is 4.36. The number of hydrogen-bond donors (Lipinski definition) is 2. The van der Waals surface area contributed by atoms with E-state index in [4.69, 9.17) is 0 Å². The van der Waals surface area contributed by atoms with E-state index in [1.54, 1.807) is 6.33 Å². The summed E-state index contributed by atoms with van der Waals surface area (Å²) >= 11 is 0. The molecule has 0 atom stereocenters. The zero-order chi connectivity index (χ0) is 19.3. The van der Waals surface area contributed by atoms with Crippen LogP contribution in [0.4, 0.5) is 0 Å². The zero-order valence-electron chi connectivity index (χ0n) is 16.8. The van der Waals surface area contributed by atoms with Crippen LogP contribution in [0.5, 0.6) is 0 Å². The number of nitrogens with zero attached hydrogens (tertiary/aromatic N) is 3.